The minimum Gasteiger partial charge on any atom is -0.326 e. The maximum Gasteiger partial charge on any atom is 0.236 e. The zero-order valence-electron chi connectivity index (χ0n) is 14.3. The van der Waals surface area contributed by atoms with Gasteiger partial charge in [-0.25, -0.2) is 0 Å². The van der Waals surface area contributed by atoms with Crippen LogP contribution in [0, 0.1) is 0 Å². The van der Waals surface area contributed by atoms with Crippen molar-refractivity contribution in [2.45, 2.75) is 12.8 Å². The van der Waals surface area contributed by atoms with Crippen molar-refractivity contribution in [3.8, 4) is 11.1 Å². The third-order valence-corrected chi connectivity index (χ3v) is 4.57. The quantitative estimate of drug-likeness (QED) is 0.741. The molecule has 2 amide bonds. The summed E-state index contributed by atoms with van der Waals surface area (Å²) in [5, 5.41) is 5.71. The van der Waals surface area contributed by atoms with Crippen LogP contribution in [0.3, 0.4) is 0 Å². The summed E-state index contributed by atoms with van der Waals surface area (Å²) in [7, 11) is 0. The summed E-state index contributed by atoms with van der Waals surface area (Å²) in [6.45, 7) is 1.46. The van der Waals surface area contributed by atoms with Crippen LogP contribution in [0.2, 0.25) is 0 Å². The SMILES string of the molecule is CC(=O)Nc1ccc(NC(=O)C2c3ccccc3-c3ccccc32)cc1. The van der Waals surface area contributed by atoms with E-state index in [2.05, 4.69) is 22.8 Å². The average Bonchev–Trinajstić information content (AvgIpc) is 2.97. The molecule has 0 unspecified atom stereocenters. The van der Waals surface area contributed by atoms with E-state index in [-0.39, 0.29) is 17.7 Å². The molecule has 3 aromatic carbocycles. The van der Waals surface area contributed by atoms with Gasteiger partial charge in [-0.05, 0) is 46.5 Å². The van der Waals surface area contributed by atoms with E-state index in [1.807, 2.05) is 36.4 Å². The van der Waals surface area contributed by atoms with E-state index in [0.717, 1.165) is 22.3 Å². The van der Waals surface area contributed by atoms with Gasteiger partial charge in [-0.2, -0.15) is 0 Å². The van der Waals surface area contributed by atoms with Crippen molar-refractivity contribution in [1.29, 1.82) is 0 Å². The lowest BCUT2D eigenvalue weighted by molar-refractivity contribution is -0.117. The minimum absolute atomic E-state index is 0.0605. The molecular weight excluding hydrogens is 324 g/mol. The van der Waals surface area contributed by atoms with E-state index in [4.69, 9.17) is 0 Å². The average molecular weight is 342 g/mol. The Kier molecular flexibility index (Phi) is 4.01. The first-order chi connectivity index (χ1) is 12.6. The molecule has 0 bridgehead atoms. The fourth-order valence-corrected chi connectivity index (χ4v) is 3.49. The zero-order valence-corrected chi connectivity index (χ0v) is 14.3. The first-order valence-electron chi connectivity index (χ1n) is 8.50. The van der Waals surface area contributed by atoms with Gasteiger partial charge in [-0.15, -0.1) is 0 Å². The number of hydrogen-bond acceptors (Lipinski definition) is 2. The number of anilines is 2. The lowest BCUT2D eigenvalue weighted by Gasteiger charge is -2.14. The highest BCUT2D eigenvalue weighted by Crippen LogP contribution is 2.44. The van der Waals surface area contributed by atoms with Crippen LogP contribution in [0.25, 0.3) is 11.1 Å². The van der Waals surface area contributed by atoms with E-state index in [9.17, 15) is 9.59 Å². The van der Waals surface area contributed by atoms with Crippen LogP contribution in [-0.4, -0.2) is 11.8 Å². The smallest absolute Gasteiger partial charge is 0.236 e. The van der Waals surface area contributed by atoms with Crippen LogP contribution in [0.1, 0.15) is 24.0 Å². The fraction of sp³-hybridized carbons (Fsp3) is 0.0909. The highest BCUT2D eigenvalue weighted by Gasteiger charge is 2.33. The first-order valence-corrected chi connectivity index (χ1v) is 8.50. The van der Waals surface area contributed by atoms with Crippen LogP contribution in [0.4, 0.5) is 11.4 Å². The zero-order chi connectivity index (χ0) is 18.1. The van der Waals surface area contributed by atoms with Crippen LogP contribution in [-0.2, 0) is 9.59 Å². The van der Waals surface area contributed by atoms with E-state index in [1.165, 1.54) is 6.92 Å². The molecular formula is C22H18N2O2. The molecule has 2 N–H and O–H groups in total. The number of nitrogens with one attached hydrogen (secondary N) is 2. The molecule has 4 heteroatoms. The molecule has 0 fully saturated rings. The molecule has 4 nitrogen and oxygen atoms in total. The van der Waals surface area contributed by atoms with Gasteiger partial charge in [0.15, 0.2) is 0 Å². The summed E-state index contributed by atoms with van der Waals surface area (Å²) >= 11 is 0. The van der Waals surface area contributed by atoms with E-state index in [1.54, 1.807) is 24.3 Å². The second-order valence-electron chi connectivity index (χ2n) is 6.36. The largest absolute Gasteiger partial charge is 0.326 e. The maximum atomic E-state index is 13.0. The number of benzene rings is 3. The standard InChI is InChI=1S/C22H18N2O2/c1-14(25)23-15-10-12-16(13-11-15)24-22(26)21-19-8-4-2-6-17(19)18-7-3-5-9-20(18)21/h2-13,21H,1H3,(H,23,25)(H,24,26). The number of fused-ring (bicyclic) bond motifs is 3. The number of rotatable bonds is 3. The van der Waals surface area contributed by atoms with Crippen molar-refractivity contribution in [2.75, 3.05) is 10.6 Å². The molecule has 0 aromatic heterocycles. The normalized spacial score (nSPS) is 12.2. The Morgan fingerprint density at radius 1 is 0.692 bits per heavy atom. The Labute approximate surface area is 151 Å². The van der Waals surface area contributed by atoms with E-state index < -0.39 is 0 Å². The monoisotopic (exact) mass is 342 g/mol. The number of carbonyl (C=O) groups excluding carboxylic acids is 2. The molecule has 1 aliphatic rings. The highest BCUT2D eigenvalue weighted by molar-refractivity contribution is 6.03. The summed E-state index contributed by atoms with van der Waals surface area (Å²) in [6.07, 6.45) is 0. The molecule has 26 heavy (non-hydrogen) atoms. The van der Waals surface area contributed by atoms with Gasteiger partial charge in [-0.3, -0.25) is 9.59 Å². The Morgan fingerprint density at radius 3 is 1.65 bits per heavy atom. The third kappa shape index (κ3) is 2.86. The Bertz CT molecular complexity index is 948. The molecule has 0 saturated carbocycles. The molecule has 0 saturated heterocycles. The predicted molar refractivity (Wildman–Crippen MR) is 103 cm³/mol. The molecule has 3 aromatic rings. The number of amides is 2. The predicted octanol–water partition coefficient (Wildman–Crippen LogP) is 4.40. The van der Waals surface area contributed by atoms with Gasteiger partial charge in [0.25, 0.3) is 0 Å². The molecule has 0 atom stereocenters. The maximum absolute atomic E-state index is 13.0. The second kappa shape index (κ2) is 6.48. The van der Waals surface area contributed by atoms with Gasteiger partial charge in [-0.1, -0.05) is 48.5 Å². The highest BCUT2D eigenvalue weighted by atomic mass is 16.2. The van der Waals surface area contributed by atoms with Crippen molar-refractivity contribution in [1.82, 2.24) is 0 Å². The molecule has 1 aliphatic carbocycles. The lowest BCUT2D eigenvalue weighted by Crippen LogP contribution is -2.20. The van der Waals surface area contributed by atoms with Gasteiger partial charge < -0.3 is 10.6 Å². The van der Waals surface area contributed by atoms with Gasteiger partial charge in [0, 0.05) is 18.3 Å². The van der Waals surface area contributed by atoms with Crippen molar-refractivity contribution < 1.29 is 9.59 Å². The summed E-state index contributed by atoms with van der Waals surface area (Å²) < 4.78 is 0. The first kappa shape index (κ1) is 16.1. The third-order valence-electron chi connectivity index (χ3n) is 4.57. The van der Waals surface area contributed by atoms with Gasteiger partial charge in [0.2, 0.25) is 11.8 Å². The number of hydrogen-bond donors (Lipinski definition) is 2. The topological polar surface area (TPSA) is 58.2 Å². The minimum atomic E-state index is -0.322. The van der Waals surface area contributed by atoms with Crippen LogP contribution < -0.4 is 10.6 Å². The molecule has 0 spiro atoms. The Morgan fingerprint density at radius 2 is 1.15 bits per heavy atom. The van der Waals surface area contributed by atoms with Crippen LogP contribution in [0.5, 0.6) is 0 Å². The molecule has 0 aliphatic heterocycles. The summed E-state index contributed by atoms with van der Waals surface area (Å²) in [5.74, 6) is -0.506. The van der Waals surface area contributed by atoms with Gasteiger partial charge in [0.1, 0.15) is 0 Å². The summed E-state index contributed by atoms with van der Waals surface area (Å²) in [6, 6.07) is 23.2. The number of carbonyl (C=O) groups is 2. The Balaban J connectivity index is 1.61. The van der Waals surface area contributed by atoms with Gasteiger partial charge >= 0.3 is 0 Å². The molecule has 0 heterocycles. The van der Waals surface area contributed by atoms with E-state index in [0.29, 0.717) is 11.4 Å². The van der Waals surface area contributed by atoms with Crippen LogP contribution in [0.15, 0.2) is 72.8 Å². The van der Waals surface area contributed by atoms with Crippen molar-refractivity contribution in [2.24, 2.45) is 0 Å². The lowest BCUT2D eigenvalue weighted by atomic mass is 9.96. The Hall–Kier alpha value is -3.40. The fourth-order valence-electron chi connectivity index (χ4n) is 3.49. The van der Waals surface area contributed by atoms with Crippen LogP contribution >= 0.6 is 0 Å². The summed E-state index contributed by atoms with van der Waals surface area (Å²) in [4.78, 5) is 24.1. The molecule has 0 radical (unpaired) electrons. The van der Waals surface area contributed by atoms with Crippen molar-refractivity contribution in [3.63, 3.8) is 0 Å². The van der Waals surface area contributed by atoms with E-state index >= 15 is 0 Å². The summed E-state index contributed by atoms with van der Waals surface area (Å²) in [5.41, 5.74) is 5.69. The van der Waals surface area contributed by atoms with Gasteiger partial charge in [0.05, 0.1) is 5.92 Å². The second-order valence-corrected chi connectivity index (χ2v) is 6.36. The van der Waals surface area contributed by atoms with Crippen molar-refractivity contribution in [3.05, 3.63) is 83.9 Å². The van der Waals surface area contributed by atoms with Crippen molar-refractivity contribution >= 4 is 23.2 Å². The molecule has 128 valence electrons. The molecule has 4 rings (SSSR count).